The van der Waals surface area contributed by atoms with E-state index in [2.05, 4.69) is 5.32 Å². The fraction of sp³-hybridized carbons (Fsp3) is 0.316. The lowest BCUT2D eigenvalue weighted by Crippen LogP contribution is -2.63. The highest BCUT2D eigenvalue weighted by Gasteiger charge is 2.47. The first-order chi connectivity index (χ1) is 15.9. The number of nitrogens with one attached hydrogen (secondary N) is 1. The number of rotatable bonds is 7. The number of sulfonamides is 2. The van der Waals surface area contributed by atoms with E-state index in [1.54, 1.807) is 0 Å². The molecule has 15 heteroatoms. The molecule has 1 unspecified atom stereocenters. The van der Waals surface area contributed by atoms with Crippen LogP contribution in [0.4, 0.5) is 4.39 Å². The van der Waals surface area contributed by atoms with Crippen LogP contribution in [0.25, 0.3) is 0 Å². The second-order valence-corrected chi connectivity index (χ2v) is 12.2. The summed E-state index contributed by atoms with van der Waals surface area (Å²) in [5, 5.41) is 2.08. The van der Waals surface area contributed by atoms with Gasteiger partial charge in [0, 0.05) is 26.2 Å². The highest BCUT2D eigenvalue weighted by Crippen LogP contribution is 2.32. The van der Waals surface area contributed by atoms with Crippen LogP contribution in [0.5, 0.6) is 0 Å². The van der Waals surface area contributed by atoms with Crippen LogP contribution in [-0.2, 0) is 24.8 Å². The zero-order valence-electron chi connectivity index (χ0n) is 17.4. The Morgan fingerprint density at radius 2 is 1.47 bits per heavy atom. The van der Waals surface area contributed by atoms with E-state index in [0.717, 1.165) is 32.9 Å². The van der Waals surface area contributed by atoms with E-state index < -0.39 is 47.9 Å². The second kappa shape index (κ2) is 10.6. The first-order valence-electron chi connectivity index (χ1n) is 9.83. The Kier molecular flexibility index (Phi) is 8.46. The Labute approximate surface area is 211 Å². The van der Waals surface area contributed by atoms with Gasteiger partial charge in [0.2, 0.25) is 20.0 Å². The fourth-order valence-corrected chi connectivity index (χ4v) is 7.27. The summed E-state index contributed by atoms with van der Waals surface area (Å²) in [7, 11) is -8.88. The maximum Gasteiger partial charge on any atom is 0.254 e. The smallest absolute Gasteiger partial charge is 0.254 e. The molecular formula is C19H20Cl3FN4O5S2. The number of nitrogens with two attached hydrogens (primary N) is 1. The SMILES string of the molecule is NCCNC(=O)C1N(S(=O)(=O)c2ccc(F)c(Cl)c2)CCCN1S(=O)(=O)c1ccc(Cl)c(Cl)c1. The minimum absolute atomic E-state index is 0.0216. The summed E-state index contributed by atoms with van der Waals surface area (Å²) < 4.78 is 68.9. The van der Waals surface area contributed by atoms with Gasteiger partial charge in [-0.15, -0.1) is 0 Å². The summed E-state index contributed by atoms with van der Waals surface area (Å²) in [6.07, 6.45) is -1.70. The third-order valence-corrected chi connectivity index (χ3v) is 9.70. The van der Waals surface area contributed by atoms with Crippen LogP contribution in [0.2, 0.25) is 15.1 Å². The van der Waals surface area contributed by atoms with Gasteiger partial charge in [-0.2, -0.15) is 8.61 Å². The normalized spacial score (nSPS) is 18.1. The lowest BCUT2D eigenvalue weighted by Gasteiger charge is -2.40. The number of hydrogen-bond donors (Lipinski definition) is 2. The highest BCUT2D eigenvalue weighted by molar-refractivity contribution is 7.90. The molecule has 186 valence electrons. The molecule has 3 N–H and O–H groups in total. The maximum absolute atomic E-state index is 13.6. The molecule has 1 aliphatic heterocycles. The van der Waals surface area contributed by atoms with Crippen molar-refractivity contribution in [2.24, 2.45) is 5.73 Å². The van der Waals surface area contributed by atoms with Gasteiger partial charge in [0.1, 0.15) is 5.82 Å². The minimum Gasteiger partial charge on any atom is -0.352 e. The molecule has 3 rings (SSSR count). The quantitative estimate of drug-likeness (QED) is 0.523. The zero-order chi connectivity index (χ0) is 25.3. The average Bonchev–Trinajstić information content (AvgIpc) is 2.80. The molecule has 1 aliphatic rings. The van der Waals surface area contributed by atoms with Gasteiger partial charge in [0.05, 0.1) is 24.9 Å². The third kappa shape index (κ3) is 5.34. The number of halogens is 4. The molecule has 1 saturated heterocycles. The van der Waals surface area contributed by atoms with Crippen molar-refractivity contribution in [3.63, 3.8) is 0 Å². The van der Waals surface area contributed by atoms with Crippen molar-refractivity contribution in [2.45, 2.75) is 22.4 Å². The Balaban J connectivity index is 2.12. The van der Waals surface area contributed by atoms with Gasteiger partial charge in [-0.3, -0.25) is 4.79 Å². The first-order valence-corrected chi connectivity index (χ1v) is 13.8. The Morgan fingerprint density at radius 3 is 1.97 bits per heavy atom. The van der Waals surface area contributed by atoms with Gasteiger partial charge in [-0.25, -0.2) is 21.2 Å². The van der Waals surface area contributed by atoms with Crippen molar-refractivity contribution in [2.75, 3.05) is 26.2 Å². The zero-order valence-corrected chi connectivity index (χ0v) is 21.3. The van der Waals surface area contributed by atoms with Gasteiger partial charge >= 0.3 is 0 Å². The summed E-state index contributed by atoms with van der Waals surface area (Å²) in [5.74, 6) is -1.73. The molecule has 0 bridgehead atoms. The van der Waals surface area contributed by atoms with Crippen molar-refractivity contribution >= 4 is 60.8 Å². The van der Waals surface area contributed by atoms with E-state index in [9.17, 15) is 26.0 Å². The summed E-state index contributed by atoms with van der Waals surface area (Å²) in [6, 6.07) is 6.34. The molecule has 1 heterocycles. The summed E-state index contributed by atoms with van der Waals surface area (Å²) in [4.78, 5) is 12.4. The standard InChI is InChI=1S/C19H20Cl3FN4O5S2/c20-14-4-2-12(10-15(14)21)33(29,30)26-8-1-9-27(19(26)18(28)25-7-6-24)34(31,32)13-3-5-17(23)16(22)11-13/h2-5,10-11,19H,1,6-9,24H2,(H,25,28). The fourth-order valence-electron chi connectivity index (χ4n) is 3.37. The van der Waals surface area contributed by atoms with Gasteiger partial charge in [-0.1, -0.05) is 34.8 Å². The molecule has 0 spiro atoms. The predicted molar refractivity (Wildman–Crippen MR) is 126 cm³/mol. The molecule has 2 aromatic carbocycles. The molecule has 1 atom stereocenters. The van der Waals surface area contributed by atoms with Gasteiger partial charge in [0.25, 0.3) is 5.91 Å². The van der Waals surface area contributed by atoms with Crippen LogP contribution in [0, 0.1) is 5.82 Å². The first kappa shape index (κ1) is 27.1. The van der Waals surface area contributed by atoms with E-state index in [0.29, 0.717) is 0 Å². The van der Waals surface area contributed by atoms with Crippen LogP contribution < -0.4 is 11.1 Å². The van der Waals surface area contributed by atoms with Gasteiger partial charge in [-0.05, 0) is 42.8 Å². The molecule has 0 aliphatic carbocycles. The van der Waals surface area contributed by atoms with E-state index >= 15 is 0 Å². The largest absolute Gasteiger partial charge is 0.352 e. The average molecular weight is 574 g/mol. The molecule has 34 heavy (non-hydrogen) atoms. The number of carbonyl (C=O) groups excluding carboxylic acids is 1. The maximum atomic E-state index is 13.6. The van der Waals surface area contributed by atoms with Crippen LogP contribution >= 0.6 is 34.8 Å². The van der Waals surface area contributed by atoms with Crippen LogP contribution in [0.15, 0.2) is 46.2 Å². The summed E-state index contributed by atoms with van der Waals surface area (Å²) >= 11 is 17.6. The molecule has 1 amide bonds. The number of amides is 1. The van der Waals surface area contributed by atoms with E-state index in [-0.39, 0.29) is 47.5 Å². The van der Waals surface area contributed by atoms with Crippen molar-refractivity contribution in [1.29, 1.82) is 0 Å². The molecular weight excluding hydrogens is 554 g/mol. The van der Waals surface area contributed by atoms with E-state index in [4.69, 9.17) is 40.5 Å². The topological polar surface area (TPSA) is 130 Å². The van der Waals surface area contributed by atoms with Crippen molar-refractivity contribution < 1.29 is 26.0 Å². The molecule has 9 nitrogen and oxygen atoms in total. The Hall–Kier alpha value is -1.51. The number of nitrogens with zero attached hydrogens (tertiary/aromatic N) is 2. The lowest BCUT2D eigenvalue weighted by atomic mass is 10.3. The van der Waals surface area contributed by atoms with Gasteiger partial charge < -0.3 is 11.1 Å². The molecule has 0 saturated carbocycles. The third-order valence-electron chi connectivity index (χ3n) is 4.98. The molecule has 2 aromatic rings. The van der Waals surface area contributed by atoms with Crippen LogP contribution in [0.1, 0.15) is 6.42 Å². The summed E-state index contributed by atoms with van der Waals surface area (Å²) in [5.41, 5.74) is 5.44. The minimum atomic E-state index is -4.47. The summed E-state index contributed by atoms with van der Waals surface area (Å²) in [6.45, 7) is -0.310. The monoisotopic (exact) mass is 572 g/mol. The van der Waals surface area contributed by atoms with Crippen LogP contribution in [-0.4, -0.2) is 63.7 Å². The molecule has 0 radical (unpaired) electrons. The van der Waals surface area contributed by atoms with Crippen molar-refractivity contribution in [3.8, 4) is 0 Å². The molecule has 1 fully saturated rings. The van der Waals surface area contributed by atoms with Crippen LogP contribution in [0.3, 0.4) is 0 Å². The highest BCUT2D eigenvalue weighted by atomic mass is 35.5. The predicted octanol–water partition coefficient (Wildman–Crippen LogP) is 2.27. The van der Waals surface area contributed by atoms with E-state index in [1.165, 1.54) is 12.1 Å². The Bertz CT molecular complexity index is 1220. The second-order valence-electron chi connectivity index (χ2n) is 7.19. The van der Waals surface area contributed by atoms with E-state index in [1.807, 2.05) is 0 Å². The number of benzene rings is 2. The number of hydrogen-bond acceptors (Lipinski definition) is 6. The lowest BCUT2D eigenvalue weighted by molar-refractivity contribution is -0.129. The van der Waals surface area contributed by atoms with Gasteiger partial charge in [0.15, 0.2) is 6.17 Å². The van der Waals surface area contributed by atoms with Crippen molar-refractivity contribution in [1.82, 2.24) is 13.9 Å². The Morgan fingerprint density at radius 1 is 0.941 bits per heavy atom. The van der Waals surface area contributed by atoms with Crippen molar-refractivity contribution in [3.05, 3.63) is 57.3 Å². The number of carbonyl (C=O) groups is 1. The molecule has 0 aromatic heterocycles.